The van der Waals surface area contributed by atoms with Crippen molar-refractivity contribution < 1.29 is 4.74 Å². The zero-order chi connectivity index (χ0) is 22.4. The van der Waals surface area contributed by atoms with E-state index in [-0.39, 0.29) is 11.8 Å². The maximum absolute atomic E-state index is 6.81. The van der Waals surface area contributed by atoms with E-state index in [1.807, 2.05) is 0 Å². The van der Waals surface area contributed by atoms with Crippen LogP contribution in [0.3, 0.4) is 0 Å². The fourth-order valence-corrected chi connectivity index (χ4v) is 5.67. The number of rotatable bonds is 3. The minimum Gasteiger partial charge on any atom is -0.470 e. The van der Waals surface area contributed by atoms with Crippen molar-refractivity contribution >= 4 is 21.6 Å². The summed E-state index contributed by atoms with van der Waals surface area (Å²) in [6.07, 6.45) is 4.26. The molecule has 1 atom stereocenters. The molecule has 1 fully saturated rings. The standard InChI is InChI=1S/C28H28BrN3O/c1-20-7-9-22(10-8-20)25-18-26-24-17-23(29)11-12-27(24)33-28(32(26)30-25)13-15-31(16-14-28)19-21-5-3-2-4-6-21/h2-12,17-18,26,30H,13-16,19H2,1H3. The molecule has 1 saturated heterocycles. The van der Waals surface area contributed by atoms with Crippen LogP contribution in [0, 0.1) is 6.92 Å². The summed E-state index contributed by atoms with van der Waals surface area (Å²) < 4.78 is 7.89. The van der Waals surface area contributed by atoms with Gasteiger partial charge in [0.1, 0.15) is 5.75 Å². The number of hydrogen-bond acceptors (Lipinski definition) is 4. The third-order valence-corrected chi connectivity index (χ3v) is 7.62. The van der Waals surface area contributed by atoms with E-state index in [4.69, 9.17) is 4.74 Å². The molecule has 1 spiro atoms. The second-order valence-electron chi connectivity index (χ2n) is 9.37. The molecule has 4 nitrogen and oxygen atoms in total. The topological polar surface area (TPSA) is 27.7 Å². The highest BCUT2D eigenvalue weighted by atomic mass is 79.9. The molecule has 0 saturated carbocycles. The van der Waals surface area contributed by atoms with Crippen molar-refractivity contribution in [1.29, 1.82) is 0 Å². The van der Waals surface area contributed by atoms with Gasteiger partial charge in [0.2, 0.25) is 0 Å². The van der Waals surface area contributed by atoms with Gasteiger partial charge in [-0.05, 0) is 42.3 Å². The highest BCUT2D eigenvalue weighted by Crippen LogP contribution is 2.49. The zero-order valence-corrected chi connectivity index (χ0v) is 20.4. The first kappa shape index (κ1) is 21.0. The van der Waals surface area contributed by atoms with Gasteiger partial charge in [-0.3, -0.25) is 4.90 Å². The fourth-order valence-electron chi connectivity index (χ4n) is 5.29. The first-order valence-electron chi connectivity index (χ1n) is 11.7. The first-order chi connectivity index (χ1) is 16.1. The van der Waals surface area contributed by atoms with E-state index < -0.39 is 0 Å². The molecule has 3 aromatic carbocycles. The first-order valence-corrected chi connectivity index (χ1v) is 12.5. The average Bonchev–Trinajstić information content (AvgIpc) is 3.29. The van der Waals surface area contributed by atoms with Crippen LogP contribution >= 0.6 is 15.9 Å². The van der Waals surface area contributed by atoms with Crippen LogP contribution < -0.4 is 10.2 Å². The quantitative estimate of drug-likeness (QED) is 0.473. The smallest absolute Gasteiger partial charge is 0.182 e. The number of aryl methyl sites for hydroxylation is 1. The van der Waals surface area contributed by atoms with Crippen LogP contribution in [0.2, 0.25) is 0 Å². The number of likely N-dealkylation sites (tertiary alicyclic amines) is 1. The van der Waals surface area contributed by atoms with Gasteiger partial charge in [-0.2, -0.15) is 5.01 Å². The van der Waals surface area contributed by atoms with E-state index in [1.165, 1.54) is 22.3 Å². The van der Waals surface area contributed by atoms with E-state index in [0.717, 1.165) is 48.4 Å². The Balaban J connectivity index is 1.29. The Morgan fingerprint density at radius 3 is 2.52 bits per heavy atom. The third-order valence-electron chi connectivity index (χ3n) is 7.12. The number of halogens is 1. The number of fused-ring (bicyclic) bond motifs is 4. The molecule has 3 aliphatic heterocycles. The van der Waals surface area contributed by atoms with E-state index in [0.29, 0.717) is 0 Å². The molecule has 0 radical (unpaired) electrons. The molecule has 33 heavy (non-hydrogen) atoms. The molecule has 168 valence electrons. The van der Waals surface area contributed by atoms with Crippen LogP contribution in [0.5, 0.6) is 5.75 Å². The van der Waals surface area contributed by atoms with E-state index in [2.05, 4.69) is 117 Å². The monoisotopic (exact) mass is 501 g/mol. The lowest BCUT2D eigenvalue weighted by molar-refractivity contribution is -0.160. The summed E-state index contributed by atoms with van der Waals surface area (Å²) in [6, 6.07) is 26.0. The average molecular weight is 502 g/mol. The Hall–Kier alpha value is -2.60. The number of ether oxygens (including phenoxy) is 1. The number of piperidine rings is 1. The Kier molecular flexibility index (Phi) is 5.28. The molecule has 0 amide bonds. The normalized spacial score (nSPS) is 21.6. The summed E-state index contributed by atoms with van der Waals surface area (Å²) in [7, 11) is 0. The number of nitrogens with zero attached hydrogens (tertiary/aromatic N) is 2. The molecular formula is C28H28BrN3O. The van der Waals surface area contributed by atoms with Crippen molar-refractivity contribution in [3.8, 4) is 5.75 Å². The number of hydrogen-bond donors (Lipinski definition) is 1. The largest absolute Gasteiger partial charge is 0.470 e. The van der Waals surface area contributed by atoms with Gasteiger partial charge in [-0.15, -0.1) is 0 Å². The Labute approximate surface area is 204 Å². The van der Waals surface area contributed by atoms with Crippen LogP contribution in [0.4, 0.5) is 0 Å². The highest BCUT2D eigenvalue weighted by molar-refractivity contribution is 9.10. The van der Waals surface area contributed by atoms with Gasteiger partial charge in [0.25, 0.3) is 0 Å². The Bertz CT molecular complexity index is 1180. The molecule has 0 aromatic heterocycles. The minimum atomic E-state index is -0.359. The van der Waals surface area contributed by atoms with Gasteiger partial charge < -0.3 is 10.2 Å². The van der Waals surface area contributed by atoms with Gasteiger partial charge in [0.05, 0.1) is 11.7 Å². The molecule has 0 aliphatic carbocycles. The number of nitrogens with one attached hydrogen (secondary N) is 1. The molecule has 3 heterocycles. The predicted molar refractivity (Wildman–Crippen MR) is 135 cm³/mol. The van der Waals surface area contributed by atoms with Crippen molar-refractivity contribution in [3.05, 3.63) is 106 Å². The summed E-state index contributed by atoms with van der Waals surface area (Å²) in [4.78, 5) is 2.54. The molecule has 0 bridgehead atoms. The molecular weight excluding hydrogens is 474 g/mol. The highest BCUT2D eigenvalue weighted by Gasteiger charge is 2.51. The Morgan fingerprint density at radius 2 is 1.76 bits per heavy atom. The van der Waals surface area contributed by atoms with Crippen molar-refractivity contribution in [1.82, 2.24) is 15.3 Å². The van der Waals surface area contributed by atoms with Crippen LogP contribution in [-0.4, -0.2) is 28.7 Å². The van der Waals surface area contributed by atoms with Crippen molar-refractivity contribution in [2.45, 2.75) is 38.1 Å². The number of hydrazine groups is 1. The molecule has 1 N–H and O–H groups in total. The molecule has 3 aromatic rings. The molecule has 1 unspecified atom stereocenters. The van der Waals surface area contributed by atoms with Gasteiger partial charge in [-0.1, -0.05) is 76.1 Å². The van der Waals surface area contributed by atoms with E-state index in [9.17, 15) is 0 Å². The van der Waals surface area contributed by atoms with Crippen LogP contribution in [0.25, 0.3) is 5.70 Å². The second kappa shape index (κ2) is 8.32. The summed E-state index contributed by atoms with van der Waals surface area (Å²) in [5.74, 6) is 0.999. The predicted octanol–water partition coefficient (Wildman–Crippen LogP) is 6.04. The van der Waals surface area contributed by atoms with Crippen molar-refractivity contribution in [2.24, 2.45) is 0 Å². The number of benzene rings is 3. The van der Waals surface area contributed by atoms with Crippen LogP contribution in [0.15, 0.2) is 83.3 Å². The molecule has 5 heteroatoms. The third kappa shape index (κ3) is 3.88. The molecule has 3 aliphatic rings. The van der Waals surface area contributed by atoms with Gasteiger partial charge in [0, 0.05) is 42.5 Å². The SMILES string of the molecule is Cc1ccc(C2=CC3c4cc(Br)ccc4OC4(CCN(Cc5ccccc5)CC4)N3N2)cc1. The summed E-state index contributed by atoms with van der Waals surface area (Å²) in [5, 5.41) is 2.37. The van der Waals surface area contributed by atoms with Crippen LogP contribution in [-0.2, 0) is 6.54 Å². The maximum atomic E-state index is 6.81. The van der Waals surface area contributed by atoms with E-state index in [1.54, 1.807) is 0 Å². The minimum absolute atomic E-state index is 0.142. The van der Waals surface area contributed by atoms with Gasteiger partial charge >= 0.3 is 0 Å². The van der Waals surface area contributed by atoms with Crippen molar-refractivity contribution in [3.63, 3.8) is 0 Å². The lowest BCUT2D eigenvalue weighted by Gasteiger charge is -2.51. The molecule has 6 rings (SSSR count). The summed E-state index contributed by atoms with van der Waals surface area (Å²) >= 11 is 3.66. The van der Waals surface area contributed by atoms with Gasteiger partial charge in [0.15, 0.2) is 5.72 Å². The summed E-state index contributed by atoms with van der Waals surface area (Å²) in [5.41, 5.74) is 9.60. The van der Waals surface area contributed by atoms with Gasteiger partial charge in [-0.25, -0.2) is 0 Å². The summed E-state index contributed by atoms with van der Waals surface area (Å²) in [6.45, 7) is 5.13. The Morgan fingerprint density at radius 1 is 1.00 bits per heavy atom. The lowest BCUT2D eigenvalue weighted by Crippen LogP contribution is -2.63. The maximum Gasteiger partial charge on any atom is 0.182 e. The second-order valence-corrected chi connectivity index (χ2v) is 10.3. The fraction of sp³-hybridized carbons (Fsp3) is 0.286. The van der Waals surface area contributed by atoms with Crippen LogP contribution in [0.1, 0.15) is 41.1 Å². The van der Waals surface area contributed by atoms with Crippen molar-refractivity contribution in [2.75, 3.05) is 13.1 Å². The lowest BCUT2D eigenvalue weighted by atomic mass is 9.92. The van der Waals surface area contributed by atoms with E-state index >= 15 is 0 Å². The zero-order valence-electron chi connectivity index (χ0n) is 18.8.